The van der Waals surface area contributed by atoms with Crippen molar-refractivity contribution in [3.63, 3.8) is 0 Å². The Hall–Kier alpha value is -2.97. The molecule has 0 radical (unpaired) electrons. The maximum absolute atomic E-state index is 12.2. The van der Waals surface area contributed by atoms with Gasteiger partial charge in [-0.05, 0) is 18.2 Å². The quantitative estimate of drug-likeness (QED) is 0.637. The van der Waals surface area contributed by atoms with Crippen LogP contribution in [0, 0.1) is 0 Å². The minimum atomic E-state index is -1.23. The molecule has 2 amide bonds. The normalized spacial score (nSPS) is 10.4. The minimum Gasteiger partial charge on any atom is -0.480 e. The molecule has 1 aromatic heterocycles. The number of aromatic nitrogens is 3. The van der Waals surface area contributed by atoms with Gasteiger partial charge in [0, 0.05) is 5.56 Å². The SMILES string of the molecule is NC(=O)CN(CC(=O)O)C(=O)c1ccc2n[nH]nc2c1. The molecule has 0 atom stereocenters. The molecule has 4 N–H and O–H groups in total. The standard InChI is InChI=1S/C11H11N5O4/c12-9(17)4-16(5-10(18)19)11(20)6-1-2-7-8(3-6)14-15-13-7/h1-3H,4-5H2,(H2,12,17)(H,18,19)(H,13,14,15). The van der Waals surface area contributed by atoms with Gasteiger partial charge in [0.05, 0.1) is 0 Å². The minimum absolute atomic E-state index is 0.203. The van der Waals surface area contributed by atoms with E-state index < -0.39 is 30.9 Å². The van der Waals surface area contributed by atoms with Crippen LogP contribution in [0.3, 0.4) is 0 Å². The Morgan fingerprint density at radius 3 is 2.55 bits per heavy atom. The van der Waals surface area contributed by atoms with Crippen molar-refractivity contribution in [3.05, 3.63) is 23.8 Å². The molecule has 0 aliphatic heterocycles. The van der Waals surface area contributed by atoms with Gasteiger partial charge in [0.25, 0.3) is 5.91 Å². The van der Waals surface area contributed by atoms with Gasteiger partial charge in [0.1, 0.15) is 24.1 Å². The summed E-state index contributed by atoms with van der Waals surface area (Å²) in [5.74, 6) is -2.64. The highest BCUT2D eigenvalue weighted by molar-refractivity contribution is 6.00. The number of H-pyrrole nitrogens is 1. The van der Waals surface area contributed by atoms with E-state index in [1.807, 2.05) is 0 Å². The Bertz CT molecular complexity index is 664. The first-order valence-electron chi connectivity index (χ1n) is 5.57. The van der Waals surface area contributed by atoms with Crippen LogP contribution in [-0.2, 0) is 9.59 Å². The number of aromatic amines is 1. The van der Waals surface area contributed by atoms with E-state index in [9.17, 15) is 14.4 Å². The summed E-state index contributed by atoms with van der Waals surface area (Å²) >= 11 is 0. The predicted molar refractivity (Wildman–Crippen MR) is 66.6 cm³/mol. The van der Waals surface area contributed by atoms with Gasteiger partial charge in [0.2, 0.25) is 5.91 Å². The number of rotatable bonds is 5. The third-order valence-electron chi connectivity index (χ3n) is 2.52. The maximum atomic E-state index is 12.2. The molecule has 0 saturated heterocycles. The van der Waals surface area contributed by atoms with Crippen LogP contribution in [0.2, 0.25) is 0 Å². The number of primary amides is 1. The average Bonchev–Trinajstić information content (AvgIpc) is 2.83. The number of carbonyl (C=O) groups excluding carboxylic acids is 2. The van der Waals surface area contributed by atoms with Crippen LogP contribution in [0.25, 0.3) is 11.0 Å². The molecule has 1 heterocycles. The number of carboxylic acids is 1. The van der Waals surface area contributed by atoms with Crippen LogP contribution in [0.1, 0.15) is 10.4 Å². The molecule has 0 spiro atoms. The van der Waals surface area contributed by atoms with E-state index in [2.05, 4.69) is 15.4 Å². The number of carbonyl (C=O) groups is 3. The highest BCUT2D eigenvalue weighted by Gasteiger charge is 2.20. The number of carboxylic acid groups (broad SMARTS) is 1. The molecule has 0 aliphatic rings. The van der Waals surface area contributed by atoms with Crippen molar-refractivity contribution in [1.82, 2.24) is 20.3 Å². The smallest absolute Gasteiger partial charge is 0.323 e. The first-order valence-corrected chi connectivity index (χ1v) is 5.57. The van der Waals surface area contributed by atoms with Gasteiger partial charge in [-0.2, -0.15) is 15.4 Å². The summed E-state index contributed by atoms with van der Waals surface area (Å²) in [4.78, 5) is 34.7. The lowest BCUT2D eigenvalue weighted by Crippen LogP contribution is -2.41. The van der Waals surface area contributed by atoms with Crippen LogP contribution in [0.5, 0.6) is 0 Å². The van der Waals surface area contributed by atoms with E-state index in [1.54, 1.807) is 6.07 Å². The highest BCUT2D eigenvalue weighted by Crippen LogP contribution is 2.12. The third kappa shape index (κ3) is 2.88. The number of fused-ring (bicyclic) bond motifs is 1. The van der Waals surface area contributed by atoms with E-state index in [1.165, 1.54) is 12.1 Å². The number of nitrogens with zero attached hydrogens (tertiary/aromatic N) is 3. The number of amides is 2. The fourth-order valence-electron chi connectivity index (χ4n) is 1.71. The lowest BCUT2D eigenvalue weighted by molar-refractivity contribution is -0.138. The Labute approximate surface area is 112 Å². The van der Waals surface area contributed by atoms with Crippen molar-refractivity contribution in [2.45, 2.75) is 0 Å². The molecule has 0 saturated carbocycles. The van der Waals surface area contributed by atoms with E-state index in [0.29, 0.717) is 11.0 Å². The predicted octanol–water partition coefficient (Wildman–Crippen LogP) is -1.03. The summed E-state index contributed by atoms with van der Waals surface area (Å²) in [6.45, 7) is -1.08. The third-order valence-corrected chi connectivity index (χ3v) is 2.52. The van der Waals surface area contributed by atoms with Crippen molar-refractivity contribution in [1.29, 1.82) is 0 Å². The van der Waals surface area contributed by atoms with E-state index in [4.69, 9.17) is 10.8 Å². The zero-order chi connectivity index (χ0) is 14.7. The van der Waals surface area contributed by atoms with Gasteiger partial charge in [-0.1, -0.05) is 0 Å². The van der Waals surface area contributed by atoms with E-state index in [-0.39, 0.29) is 5.56 Å². The van der Waals surface area contributed by atoms with Gasteiger partial charge in [-0.3, -0.25) is 14.4 Å². The highest BCUT2D eigenvalue weighted by atomic mass is 16.4. The summed E-state index contributed by atoms with van der Waals surface area (Å²) < 4.78 is 0. The number of hydrogen-bond donors (Lipinski definition) is 3. The zero-order valence-corrected chi connectivity index (χ0v) is 10.2. The molecule has 0 fully saturated rings. The number of nitrogens with two attached hydrogens (primary N) is 1. The summed E-state index contributed by atoms with van der Waals surface area (Å²) in [7, 11) is 0. The molecular weight excluding hydrogens is 266 g/mol. The molecule has 2 rings (SSSR count). The molecule has 2 aromatic rings. The fourth-order valence-corrected chi connectivity index (χ4v) is 1.71. The van der Waals surface area contributed by atoms with E-state index in [0.717, 1.165) is 4.90 Å². The molecule has 9 nitrogen and oxygen atoms in total. The summed E-state index contributed by atoms with van der Waals surface area (Å²) in [5.41, 5.74) is 6.24. The average molecular weight is 277 g/mol. The second-order valence-electron chi connectivity index (χ2n) is 4.05. The Balaban J connectivity index is 2.29. The lowest BCUT2D eigenvalue weighted by atomic mass is 10.1. The van der Waals surface area contributed by atoms with Gasteiger partial charge >= 0.3 is 5.97 Å². The molecule has 9 heteroatoms. The monoisotopic (exact) mass is 277 g/mol. The second-order valence-corrected chi connectivity index (χ2v) is 4.05. The molecule has 1 aromatic carbocycles. The van der Waals surface area contributed by atoms with Crippen molar-refractivity contribution >= 4 is 28.8 Å². The summed E-state index contributed by atoms with van der Waals surface area (Å²) in [5, 5.41) is 18.8. The lowest BCUT2D eigenvalue weighted by Gasteiger charge is -2.18. The number of nitrogens with one attached hydrogen (secondary N) is 1. The van der Waals surface area contributed by atoms with Crippen LogP contribution >= 0.6 is 0 Å². The summed E-state index contributed by atoms with van der Waals surface area (Å²) in [6, 6.07) is 4.50. The summed E-state index contributed by atoms with van der Waals surface area (Å²) in [6.07, 6.45) is 0. The van der Waals surface area contributed by atoms with Gasteiger partial charge < -0.3 is 15.7 Å². The zero-order valence-electron chi connectivity index (χ0n) is 10.2. The van der Waals surface area contributed by atoms with Gasteiger partial charge in [0.15, 0.2) is 0 Å². The second kappa shape index (κ2) is 5.34. The first-order chi connectivity index (χ1) is 9.47. The molecule has 0 bridgehead atoms. The largest absolute Gasteiger partial charge is 0.480 e. The van der Waals surface area contributed by atoms with Gasteiger partial charge in [-0.25, -0.2) is 0 Å². The van der Waals surface area contributed by atoms with Crippen molar-refractivity contribution in [2.75, 3.05) is 13.1 Å². The van der Waals surface area contributed by atoms with Crippen molar-refractivity contribution in [2.24, 2.45) is 5.73 Å². The molecular formula is C11H11N5O4. The molecule has 104 valence electrons. The van der Waals surface area contributed by atoms with Crippen molar-refractivity contribution < 1.29 is 19.5 Å². The van der Waals surface area contributed by atoms with Crippen molar-refractivity contribution in [3.8, 4) is 0 Å². The van der Waals surface area contributed by atoms with E-state index >= 15 is 0 Å². The van der Waals surface area contributed by atoms with Crippen LogP contribution in [0.15, 0.2) is 18.2 Å². The number of aliphatic carboxylic acids is 1. The fraction of sp³-hybridized carbons (Fsp3) is 0.182. The Morgan fingerprint density at radius 2 is 1.90 bits per heavy atom. The van der Waals surface area contributed by atoms with Crippen LogP contribution in [0.4, 0.5) is 0 Å². The topological polar surface area (TPSA) is 142 Å². The number of hydrogen-bond acceptors (Lipinski definition) is 5. The Morgan fingerprint density at radius 1 is 1.20 bits per heavy atom. The van der Waals surface area contributed by atoms with Crippen LogP contribution < -0.4 is 5.73 Å². The molecule has 20 heavy (non-hydrogen) atoms. The van der Waals surface area contributed by atoms with Gasteiger partial charge in [-0.15, -0.1) is 0 Å². The van der Waals surface area contributed by atoms with Crippen LogP contribution in [-0.4, -0.2) is 56.3 Å². The first kappa shape index (κ1) is 13.5. The molecule has 0 aliphatic carbocycles. The molecule has 0 unspecified atom stereocenters. The Kier molecular flexibility index (Phi) is 3.60. The number of benzene rings is 1. The maximum Gasteiger partial charge on any atom is 0.323 e.